The molecule has 0 aromatic heterocycles. The van der Waals surface area contributed by atoms with Gasteiger partial charge in [-0.1, -0.05) is 56.6 Å². The van der Waals surface area contributed by atoms with Crippen molar-refractivity contribution in [1.29, 1.82) is 0 Å². The summed E-state index contributed by atoms with van der Waals surface area (Å²) >= 11 is 6.00. The topological polar surface area (TPSA) is 38.3 Å². The molecule has 0 spiro atoms. The fraction of sp³-hybridized carbons (Fsp3) is 0.278. The molecule has 22 heavy (non-hydrogen) atoms. The summed E-state index contributed by atoms with van der Waals surface area (Å²) in [6, 6.07) is 14.9. The number of benzene rings is 2. The average Bonchev–Trinajstić information content (AvgIpc) is 2.47. The highest BCUT2D eigenvalue weighted by molar-refractivity contribution is 6.33. The zero-order chi connectivity index (χ0) is 16.2. The Morgan fingerprint density at radius 1 is 1.14 bits per heavy atom. The van der Waals surface area contributed by atoms with Crippen LogP contribution >= 0.6 is 11.6 Å². The van der Waals surface area contributed by atoms with E-state index in [2.05, 4.69) is 32.2 Å². The first-order chi connectivity index (χ1) is 10.4. The number of carbonyl (C=O) groups is 1. The second-order valence-electron chi connectivity index (χ2n) is 6.09. The van der Waals surface area contributed by atoms with E-state index in [0.717, 1.165) is 5.56 Å². The molecule has 0 radical (unpaired) electrons. The Bertz CT molecular complexity index is 662. The molecule has 0 saturated heterocycles. The van der Waals surface area contributed by atoms with Gasteiger partial charge < -0.3 is 10.1 Å². The Hall–Kier alpha value is -2.00. The van der Waals surface area contributed by atoms with E-state index in [-0.39, 0.29) is 17.9 Å². The van der Waals surface area contributed by atoms with E-state index in [4.69, 9.17) is 16.3 Å². The molecule has 2 aromatic carbocycles. The van der Waals surface area contributed by atoms with Gasteiger partial charge in [0.25, 0.3) is 5.91 Å². The Kier molecular flexibility index (Phi) is 5.09. The number of carbonyl (C=O) groups excluding carboxylic acids is 1. The fourth-order valence-electron chi connectivity index (χ4n) is 1.95. The summed E-state index contributed by atoms with van der Waals surface area (Å²) < 4.78 is 5.56. The van der Waals surface area contributed by atoms with Crippen molar-refractivity contribution in [3.05, 3.63) is 59.1 Å². The van der Waals surface area contributed by atoms with Gasteiger partial charge in [0.1, 0.15) is 5.75 Å². The molecule has 0 heterocycles. The first-order valence-corrected chi connectivity index (χ1v) is 7.52. The quantitative estimate of drug-likeness (QED) is 0.891. The molecule has 0 unspecified atom stereocenters. The lowest BCUT2D eigenvalue weighted by atomic mass is 9.87. The van der Waals surface area contributed by atoms with Crippen LogP contribution in [0.15, 0.2) is 48.5 Å². The van der Waals surface area contributed by atoms with Crippen LogP contribution in [0.4, 0.5) is 5.69 Å². The van der Waals surface area contributed by atoms with Crippen LogP contribution in [0, 0.1) is 0 Å². The van der Waals surface area contributed by atoms with Crippen LogP contribution in [0.2, 0.25) is 5.02 Å². The van der Waals surface area contributed by atoms with Gasteiger partial charge in [0.05, 0.1) is 10.7 Å². The highest BCUT2D eigenvalue weighted by Crippen LogP contribution is 2.25. The maximum absolute atomic E-state index is 11.9. The predicted molar refractivity (Wildman–Crippen MR) is 90.7 cm³/mol. The number of amides is 1. The fourth-order valence-corrected chi connectivity index (χ4v) is 2.13. The molecule has 0 bridgehead atoms. The molecule has 1 N–H and O–H groups in total. The van der Waals surface area contributed by atoms with Gasteiger partial charge in [-0.2, -0.15) is 0 Å². The van der Waals surface area contributed by atoms with E-state index in [1.165, 1.54) is 0 Å². The number of para-hydroxylation sites is 1. The monoisotopic (exact) mass is 317 g/mol. The van der Waals surface area contributed by atoms with E-state index in [1.54, 1.807) is 12.1 Å². The van der Waals surface area contributed by atoms with Gasteiger partial charge in [-0.3, -0.25) is 4.79 Å². The van der Waals surface area contributed by atoms with Gasteiger partial charge in [0.15, 0.2) is 6.61 Å². The second-order valence-corrected chi connectivity index (χ2v) is 6.50. The highest BCUT2D eigenvalue weighted by atomic mass is 35.5. The number of hydrogen-bond acceptors (Lipinski definition) is 2. The number of hydrogen-bond donors (Lipinski definition) is 1. The third-order valence-electron chi connectivity index (χ3n) is 3.22. The largest absolute Gasteiger partial charge is 0.484 e. The SMILES string of the molecule is CC(C)(C)c1cccc(OCC(=O)Nc2ccccc2Cl)c1. The van der Waals surface area contributed by atoms with Crippen molar-refractivity contribution in [3.8, 4) is 5.75 Å². The van der Waals surface area contributed by atoms with Gasteiger partial charge in [-0.15, -0.1) is 0 Å². The third-order valence-corrected chi connectivity index (χ3v) is 3.55. The molecule has 3 nitrogen and oxygen atoms in total. The van der Waals surface area contributed by atoms with Gasteiger partial charge >= 0.3 is 0 Å². The summed E-state index contributed by atoms with van der Waals surface area (Å²) in [5, 5.41) is 3.23. The zero-order valence-electron chi connectivity index (χ0n) is 13.0. The molecule has 0 fully saturated rings. The van der Waals surface area contributed by atoms with Gasteiger partial charge in [-0.25, -0.2) is 0 Å². The number of anilines is 1. The first kappa shape index (κ1) is 16.4. The lowest BCUT2D eigenvalue weighted by Crippen LogP contribution is -2.20. The lowest BCUT2D eigenvalue weighted by Gasteiger charge is -2.19. The standard InChI is InChI=1S/C18H20ClNO2/c1-18(2,3)13-7-6-8-14(11-13)22-12-17(21)20-16-10-5-4-9-15(16)19/h4-11H,12H2,1-3H3,(H,20,21). The van der Waals surface area contributed by atoms with E-state index < -0.39 is 0 Å². The van der Waals surface area contributed by atoms with Crippen LogP contribution in [-0.4, -0.2) is 12.5 Å². The van der Waals surface area contributed by atoms with Crippen molar-refractivity contribution >= 4 is 23.2 Å². The highest BCUT2D eigenvalue weighted by Gasteiger charge is 2.14. The predicted octanol–water partition coefficient (Wildman–Crippen LogP) is 4.66. The van der Waals surface area contributed by atoms with Crippen LogP contribution < -0.4 is 10.1 Å². The number of rotatable bonds is 4. The van der Waals surface area contributed by atoms with Crippen molar-refractivity contribution in [2.75, 3.05) is 11.9 Å². The summed E-state index contributed by atoms with van der Waals surface area (Å²) in [5.74, 6) is 0.441. The summed E-state index contributed by atoms with van der Waals surface area (Å²) in [6.07, 6.45) is 0. The maximum Gasteiger partial charge on any atom is 0.262 e. The van der Waals surface area contributed by atoms with Crippen molar-refractivity contribution in [3.63, 3.8) is 0 Å². The molecule has 1 amide bonds. The average molecular weight is 318 g/mol. The Morgan fingerprint density at radius 3 is 2.55 bits per heavy atom. The van der Waals surface area contributed by atoms with E-state index >= 15 is 0 Å². The summed E-state index contributed by atoms with van der Waals surface area (Å²) in [5.41, 5.74) is 1.79. The first-order valence-electron chi connectivity index (χ1n) is 7.14. The lowest BCUT2D eigenvalue weighted by molar-refractivity contribution is -0.118. The van der Waals surface area contributed by atoms with Gasteiger partial charge in [0, 0.05) is 0 Å². The number of halogens is 1. The summed E-state index contributed by atoms with van der Waals surface area (Å²) in [7, 11) is 0. The Morgan fingerprint density at radius 2 is 1.86 bits per heavy atom. The molecule has 0 aliphatic carbocycles. The summed E-state index contributed by atoms with van der Waals surface area (Å²) in [6.45, 7) is 6.35. The molecule has 0 saturated carbocycles. The zero-order valence-corrected chi connectivity index (χ0v) is 13.8. The second kappa shape index (κ2) is 6.84. The van der Waals surface area contributed by atoms with Gasteiger partial charge in [-0.05, 0) is 35.2 Å². The molecular formula is C18H20ClNO2. The minimum Gasteiger partial charge on any atom is -0.484 e. The van der Waals surface area contributed by atoms with Crippen molar-refractivity contribution < 1.29 is 9.53 Å². The normalized spacial score (nSPS) is 11.1. The Balaban J connectivity index is 1.96. The third kappa shape index (κ3) is 4.50. The molecule has 2 rings (SSSR count). The molecule has 2 aromatic rings. The number of ether oxygens (including phenoxy) is 1. The van der Waals surface area contributed by atoms with Crippen molar-refractivity contribution in [2.24, 2.45) is 0 Å². The van der Waals surface area contributed by atoms with E-state index in [1.807, 2.05) is 30.3 Å². The maximum atomic E-state index is 11.9. The van der Waals surface area contributed by atoms with Crippen LogP contribution in [0.25, 0.3) is 0 Å². The minimum absolute atomic E-state index is 0.0409. The minimum atomic E-state index is -0.241. The van der Waals surface area contributed by atoms with E-state index in [0.29, 0.717) is 16.5 Å². The molecule has 4 heteroatoms. The van der Waals surface area contributed by atoms with Crippen LogP contribution in [0.1, 0.15) is 26.3 Å². The molecule has 116 valence electrons. The molecule has 0 atom stereocenters. The molecule has 0 aliphatic heterocycles. The Labute approximate surface area is 136 Å². The molecular weight excluding hydrogens is 298 g/mol. The van der Waals surface area contributed by atoms with Crippen LogP contribution in [0.3, 0.4) is 0 Å². The van der Waals surface area contributed by atoms with Gasteiger partial charge in [0.2, 0.25) is 0 Å². The number of nitrogens with one attached hydrogen (secondary N) is 1. The molecule has 0 aliphatic rings. The van der Waals surface area contributed by atoms with Crippen molar-refractivity contribution in [2.45, 2.75) is 26.2 Å². The summed E-state index contributed by atoms with van der Waals surface area (Å²) in [4.78, 5) is 11.9. The van der Waals surface area contributed by atoms with E-state index in [9.17, 15) is 4.79 Å². The van der Waals surface area contributed by atoms with Crippen LogP contribution in [-0.2, 0) is 10.2 Å². The smallest absolute Gasteiger partial charge is 0.262 e. The van der Waals surface area contributed by atoms with Crippen molar-refractivity contribution in [1.82, 2.24) is 0 Å². The van der Waals surface area contributed by atoms with Crippen LogP contribution in [0.5, 0.6) is 5.75 Å².